The molecule has 0 aromatic carbocycles. The number of anilines is 2. The summed E-state index contributed by atoms with van der Waals surface area (Å²) in [5.74, 6) is 1.02. The van der Waals surface area contributed by atoms with E-state index in [4.69, 9.17) is 0 Å². The molecule has 1 aliphatic heterocycles. The Balaban J connectivity index is 1.43. The van der Waals surface area contributed by atoms with Crippen LogP contribution in [0.25, 0.3) is 10.2 Å². The lowest BCUT2D eigenvalue weighted by atomic mass is 9.96. The number of nitrogens with one attached hydrogen (secondary N) is 1. The maximum absolute atomic E-state index is 12.3. The van der Waals surface area contributed by atoms with Crippen molar-refractivity contribution in [3.63, 3.8) is 0 Å². The zero-order chi connectivity index (χ0) is 15.6. The van der Waals surface area contributed by atoms with Crippen LogP contribution in [-0.2, 0) is 4.79 Å². The highest BCUT2D eigenvalue weighted by molar-refractivity contribution is 7.17. The Labute approximate surface area is 140 Å². The monoisotopic (exact) mass is 346 g/mol. The third kappa shape index (κ3) is 2.89. The summed E-state index contributed by atoms with van der Waals surface area (Å²) in [7, 11) is 0. The fraction of sp³-hybridized carbons (Fsp3) is 0.357. The van der Waals surface area contributed by atoms with Gasteiger partial charge in [-0.3, -0.25) is 4.79 Å². The van der Waals surface area contributed by atoms with Crippen molar-refractivity contribution in [1.29, 1.82) is 0 Å². The van der Waals surface area contributed by atoms with Gasteiger partial charge < -0.3 is 10.2 Å². The van der Waals surface area contributed by atoms with E-state index in [2.05, 4.69) is 30.4 Å². The van der Waals surface area contributed by atoms with E-state index in [0.29, 0.717) is 5.13 Å². The molecule has 0 unspecified atom stereocenters. The smallest absolute Gasteiger partial charge is 0.229 e. The summed E-state index contributed by atoms with van der Waals surface area (Å²) in [6.07, 6.45) is 3.22. The van der Waals surface area contributed by atoms with E-state index in [1.807, 2.05) is 11.4 Å². The van der Waals surface area contributed by atoms with E-state index in [1.54, 1.807) is 23.2 Å². The van der Waals surface area contributed by atoms with Gasteiger partial charge in [-0.05, 0) is 24.3 Å². The summed E-state index contributed by atoms with van der Waals surface area (Å²) in [6, 6.07) is 2.01. The van der Waals surface area contributed by atoms with E-state index in [1.165, 1.54) is 11.3 Å². The fourth-order valence-corrected chi connectivity index (χ4v) is 4.10. The van der Waals surface area contributed by atoms with Crippen LogP contribution in [0.1, 0.15) is 12.8 Å². The molecule has 9 heteroatoms. The number of fused-ring (bicyclic) bond motifs is 1. The van der Waals surface area contributed by atoms with Crippen LogP contribution < -0.4 is 10.2 Å². The lowest BCUT2D eigenvalue weighted by Crippen LogP contribution is -2.38. The fourth-order valence-electron chi connectivity index (χ4n) is 2.79. The van der Waals surface area contributed by atoms with E-state index < -0.39 is 0 Å². The average Bonchev–Trinajstić information content (AvgIpc) is 3.25. The summed E-state index contributed by atoms with van der Waals surface area (Å²) >= 11 is 2.99. The first-order chi connectivity index (χ1) is 11.3. The molecule has 0 aliphatic carbocycles. The molecule has 7 nitrogen and oxygen atoms in total. The molecule has 1 saturated heterocycles. The molecule has 4 rings (SSSR count). The normalized spacial score (nSPS) is 15.9. The standard InChI is InChI=1S/C14H14N6OS2/c21-13(18-14-19-17-8-23-14)9-1-4-20(5-2-9)12-11-10(3-6-22-11)15-7-16-12/h3,6-9H,1-2,4-5H2,(H,18,19,21). The highest BCUT2D eigenvalue weighted by Crippen LogP contribution is 2.31. The van der Waals surface area contributed by atoms with Crippen LogP contribution in [0.15, 0.2) is 23.3 Å². The Morgan fingerprint density at radius 2 is 2.13 bits per heavy atom. The summed E-state index contributed by atoms with van der Waals surface area (Å²) < 4.78 is 1.12. The van der Waals surface area contributed by atoms with Crippen LogP contribution >= 0.6 is 22.7 Å². The highest BCUT2D eigenvalue weighted by atomic mass is 32.1. The molecule has 0 spiro atoms. The molecule has 1 N–H and O–H groups in total. The van der Waals surface area contributed by atoms with Gasteiger partial charge in [0.25, 0.3) is 0 Å². The number of amides is 1. The number of carbonyl (C=O) groups excluding carboxylic acids is 1. The van der Waals surface area contributed by atoms with Crippen LogP contribution in [-0.4, -0.2) is 39.2 Å². The third-order valence-corrected chi connectivity index (χ3v) is 5.49. The van der Waals surface area contributed by atoms with E-state index >= 15 is 0 Å². The molecule has 1 fully saturated rings. The minimum absolute atomic E-state index is 0.0100. The lowest BCUT2D eigenvalue weighted by Gasteiger charge is -2.32. The largest absolute Gasteiger partial charge is 0.355 e. The number of aromatic nitrogens is 4. The van der Waals surface area contributed by atoms with Gasteiger partial charge in [-0.15, -0.1) is 21.5 Å². The van der Waals surface area contributed by atoms with Crippen LogP contribution in [0.4, 0.5) is 10.9 Å². The summed E-state index contributed by atoms with van der Waals surface area (Å²) in [5.41, 5.74) is 2.59. The predicted octanol–water partition coefficient (Wildman–Crippen LogP) is 2.40. The van der Waals surface area contributed by atoms with Crippen molar-refractivity contribution >= 4 is 49.7 Å². The van der Waals surface area contributed by atoms with Crippen molar-refractivity contribution in [2.24, 2.45) is 5.92 Å². The number of rotatable bonds is 3. The van der Waals surface area contributed by atoms with Crippen LogP contribution in [0, 0.1) is 5.92 Å². The van der Waals surface area contributed by atoms with Crippen molar-refractivity contribution in [3.05, 3.63) is 23.3 Å². The van der Waals surface area contributed by atoms with Crippen molar-refractivity contribution in [2.45, 2.75) is 12.8 Å². The van der Waals surface area contributed by atoms with Gasteiger partial charge in [0, 0.05) is 19.0 Å². The summed E-state index contributed by atoms with van der Waals surface area (Å²) in [6.45, 7) is 1.64. The Hall–Kier alpha value is -2.13. The maximum Gasteiger partial charge on any atom is 0.229 e. The highest BCUT2D eigenvalue weighted by Gasteiger charge is 2.27. The minimum Gasteiger partial charge on any atom is -0.355 e. The molecule has 1 aliphatic rings. The quantitative estimate of drug-likeness (QED) is 0.784. The van der Waals surface area contributed by atoms with E-state index in [0.717, 1.165) is 42.0 Å². The summed E-state index contributed by atoms with van der Waals surface area (Å²) in [5, 5.41) is 13.0. The van der Waals surface area contributed by atoms with Crippen molar-refractivity contribution < 1.29 is 4.79 Å². The second kappa shape index (κ2) is 6.17. The zero-order valence-electron chi connectivity index (χ0n) is 12.2. The molecule has 1 amide bonds. The van der Waals surface area contributed by atoms with Crippen molar-refractivity contribution in [3.8, 4) is 0 Å². The molecule has 23 heavy (non-hydrogen) atoms. The van der Waals surface area contributed by atoms with Gasteiger partial charge in [0.05, 0.1) is 10.2 Å². The Morgan fingerprint density at radius 1 is 1.26 bits per heavy atom. The molecule has 0 atom stereocenters. The summed E-state index contributed by atoms with van der Waals surface area (Å²) in [4.78, 5) is 23.2. The predicted molar refractivity (Wildman–Crippen MR) is 90.9 cm³/mol. The Kier molecular flexibility index (Phi) is 3.88. The second-order valence-corrected chi connectivity index (χ2v) is 7.08. The molecule has 3 aromatic heterocycles. The first-order valence-electron chi connectivity index (χ1n) is 7.31. The lowest BCUT2D eigenvalue weighted by molar-refractivity contribution is -0.120. The molecule has 118 valence electrons. The molecule has 0 bridgehead atoms. The first-order valence-corrected chi connectivity index (χ1v) is 9.07. The molecule has 3 aromatic rings. The van der Waals surface area contributed by atoms with E-state index in [-0.39, 0.29) is 11.8 Å². The minimum atomic E-state index is 0.0100. The van der Waals surface area contributed by atoms with Crippen LogP contribution in [0.5, 0.6) is 0 Å². The van der Waals surface area contributed by atoms with Gasteiger partial charge >= 0.3 is 0 Å². The molecular formula is C14H14N6OS2. The SMILES string of the molecule is O=C(Nc1nncs1)C1CCN(c2ncnc3ccsc23)CC1. The Bertz CT molecular complexity index is 810. The molecular weight excluding hydrogens is 332 g/mol. The van der Waals surface area contributed by atoms with Crippen molar-refractivity contribution in [2.75, 3.05) is 23.3 Å². The third-order valence-electron chi connectivity index (χ3n) is 3.98. The van der Waals surface area contributed by atoms with Crippen molar-refractivity contribution in [1.82, 2.24) is 20.2 Å². The topological polar surface area (TPSA) is 83.9 Å². The zero-order valence-corrected chi connectivity index (χ0v) is 13.8. The Morgan fingerprint density at radius 3 is 2.91 bits per heavy atom. The maximum atomic E-state index is 12.3. The second-order valence-electron chi connectivity index (χ2n) is 5.33. The number of carbonyl (C=O) groups is 1. The number of nitrogens with zero attached hydrogens (tertiary/aromatic N) is 5. The van der Waals surface area contributed by atoms with Gasteiger partial charge in [0.2, 0.25) is 11.0 Å². The molecule has 0 radical (unpaired) electrons. The van der Waals surface area contributed by atoms with Gasteiger partial charge in [-0.2, -0.15) is 0 Å². The average molecular weight is 346 g/mol. The van der Waals surface area contributed by atoms with Gasteiger partial charge in [-0.1, -0.05) is 11.3 Å². The number of hydrogen-bond donors (Lipinski definition) is 1. The van der Waals surface area contributed by atoms with Gasteiger partial charge in [-0.25, -0.2) is 9.97 Å². The van der Waals surface area contributed by atoms with Gasteiger partial charge in [0.15, 0.2) is 0 Å². The molecule has 0 saturated carbocycles. The molecule has 4 heterocycles. The van der Waals surface area contributed by atoms with Crippen LogP contribution in [0.3, 0.4) is 0 Å². The number of thiophene rings is 1. The first kappa shape index (κ1) is 14.5. The number of piperidine rings is 1. The van der Waals surface area contributed by atoms with Crippen LogP contribution in [0.2, 0.25) is 0 Å². The number of hydrogen-bond acceptors (Lipinski definition) is 8. The van der Waals surface area contributed by atoms with E-state index in [9.17, 15) is 4.79 Å². The van der Waals surface area contributed by atoms with Gasteiger partial charge in [0.1, 0.15) is 17.7 Å².